The second-order valence-corrected chi connectivity index (χ2v) is 4.81. The van der Waals surface area contributed by atoms with Crippen molar-refractivity contribution in [3.05, 3.63) is 70.2 Å². The summed E-state index contributed by atoms with van der Waals surface area (Å²) in [6.07, 6.45) is -4.45. The smallest absolute Gasteiger partial charge is 0.395 e. The average Bonchev–Trinajstić information content (AvgIpc) is 2.41. The molecule has 106 valence electrons. The molecule has 0 saturated carbocycles. The van der Waals surface area contributed by atoms with Crippen LogP contribution in [0, 0.1) is 0 Å². The normalized spacial score (nSPS) is 13.2. The monoisotopic (exact) mass is 300 g/mol. The van der Waals surface area contributed by atoms with E-state index in [4.69, 9.17) is 11.6 Å². The van der Waals surface area contributed by atoms with Crippen molar-refractivity contribution in [2.75, 3.05) is 6.61 Å². The van der Waals surface area contributed by atoms with Crippen LogP contribution in [-0.4, -0.2) is 11.7 Å². The molecular formula is C15H12ClF3O. The average molecular weight is 301 g/mol. The van der Waals surface area contributed by atoms with Gasteiger partial charge in [-0.05, 0) is 29.3 Å². The first-order valence-electron chi connectivity index (χ1n) is 5.96. The number of aliphatic hydroxyl groups is 1. The lowest BCUT2D eigenvalue weighted by atomic mass is 9.88. The van der Waals surface area contributed by atoms with E-state index in [1.54, 1.807) is 24.3 Å². The number of hydrogen-bond acceptors (Lipinski definition) is 1. The molecule has 1 atom stereocenters. The minimum Gasteiger partial charge on any atom is -0.395 e. The standard InChI is InChI=1S/C15H12ClF3O/c16-11-7-5-10(6-8-11)13(9-20)12-3-1-2-4-14(12)15(17,18)19/h1-8,13,20H,9H2. The second-order valence-electron chi connectivity index (χ2n) is 4.37. The van der Waals surface area contributed by atoms with Gasteiger partial charge in [0.15, 0.2) is 0 Å². The van der Waals surface area contributed by atoms with E-state index in [0.29, 0.717) is 10.6 Å². The summed E-state index contributed by atoms with van der Waals surface area (Å²) >= 11 is 5.77. The summed E-state index contributed by atoms with van der Waals surface area (Å²) in [6, 6.07) is 11.7. The number of alkyl halides is 3. The maximum Gasteiger partial charge on any atom is 0.416 e. The van der Waals surface area contributed by atoms with E-state index in [2.05, 4.69) is 0 Å². The van der Waals surface area contributed by atoms with Crippen LogP contribution in [0.15, 0.2) is 48.5 Å². The summed E-state index contributed by atoms with van der Waals surface area (Å²) in [5, 5.41) is 9.99. The Labute approximate surface area is 119 Å². The van der Waals surface area contributed by atoms with Crippen molar-refractivity contribution in [2.45, 2.75) is 12.1 Å². The molecule has 1 unspecified atom stereocenters. The van der Waals surface area contributed by atoms with E-state index in [0.717, 1.165) is 6.07 Å². The highest BCUT2D eigenvalue weighted by Gasteiger charge is 2.35. The molecule has 0 fully saturated rings. The van der Waals surface area contributed by atoms with Gasteiger partial charge in [-0.2, -0.15) is 13.2 Å². The molecule has 0 amide bonds. The summed E-state index contributed by atoms with van der Waals surface area (Å²) in [6.45, 7) is -0.408. The second kappa shape index (κ2) is 5.85. The van der Waals surface area contributed by atoms with E-state index in [-0.39, 0.29) is 5.56 Å². The first-order chi connectivity index (χ1) is 9.43. The molecule has 2 rings (SSSR count). The third-order valence-electron chi connectivity index (χ3n) is 3.10. The molecule has 5 heteroatoms. The van der Waals surface area contributed by atoms with Gasteiger partial charge >= 0.3 is 6.18 Å². The highest BCUT2D eigenvalue weighted by molar-refractivity contribution is 6.30. The van der Waals surface area contributed by atoms with E-state index in [1.165, 1.54) is 18.2 Å². The Bertz CT molecular complexity index is 578. The Balaban J connectivity index is 2.50. The molecule has 20 heavy (non-hydrogen) atoms. The number of aliphatic hydroxyl groups excluding tert-OH is 1. The van der Waals surface area contributed by atoms with Gasteiger partial charge in [0.05, 0.1) is 12.2 Å². The fourth-order valence-corrected chi connectivity index (χ4v) is 2.26. The van der Waals surface area contributed by atoms with Gasteiger partial charge in [0.1, 0.15) is 0 Å². The molecular weight excluding hydrogens is 289 g/mol. The molecule has 2 aromatic carbocycles. The van der Waals surface area contributed by atoms with Gasteiger partial charge < -0.3 is 5.11 Å². The van der Waals surface area contributed by atoms with Crippen molar-refractivity contribution in [3.63, 3.8) is 0 Å². The summed E-state index contributed by atoms with van der Waals surface area (Å²) in [7, 11) is 0. The van der Waals surface area contributed by atoms with Crippen molar-refractivity contribution in [1.82, 2.24) is 0 Å². The van der Waals surface area contributed by atoms with Gasteiger partial charge in [-0.25, -0.2) is 0 Å². The number of rotatable bonds is 3. The van der Waals surface area contributed by atoms with Crippen LogP contribution in [0.25, 0.3) is 0 Å². The van der Waals surface area contributed by atoms with E-state index in [1.807, 2.05) is 0 Å². The summed E-state index contributed by atoms with van der Waals surface area (Å²) < 4.78 is 39.1. The van der Waals surface area contributed by atoms with Gasteiger partial charge in [0, 0.05) is 10.9 Å². The van der Waals surface area contributed by atoms with Gasteiger partial charge in [-0.1, -0.05) is 41.9 Å². The Kier molecular flexibility index (Phi) is 4.35. The molecule has 2 aromatic rings. The van der Waals surface area contributed by atoms with Crippen molar-refractivity contribution in [3.8, 4) is 0 Å². The van der Waals surface area contributed by atoms with E-state index >= 15 is 0 Å². The topological polar surface area (TPSA) is 20.2 Å². The molecule has 0 bridgehead atoms. The quantitative estimate of drug-likeness (QED) is 0.886. The Morgan fingerprint density at radius 2 is 1.60 bits per heavy atom. The van der Waals surface area contributed by atoms with Crippen LogP contribution >= 0.6 is 11.6 Å². The summed E-state index contributed by atoms with van der Waals surface area (Å²) in [4.78, 5) is 0. The molecule has 0 aliphatic rings. The minimum atomic E-state index is -4.45. The molecule has 0 aliphatic heterocycles. The van der Waals surface area contributed by atoms with Gasteiger partial charge in [0.25, 0.3) is 0 Å². The maximum absolute atomic E-state index is 13.0. The van der Waals surface area contributed by atoms with Crippen molar-refractivity contribution < 1.29 is 18.3 Å². The highest BCUT2D eigenvalue weighted by Crippen LogP contribution is 2.37. The van der Waals surface area contributed by atoms with Crippen LogP contribution in [0.5, 0.6) is 0 Å². The molecule has 1 N–H and O–H groups in total. The lowest BCUT2D eigenvalue weighted by Gasteiger charge is -2.20. The SMILES string of the molecule is OCC(c1ccc(Cl)cc1)c1ccccc1C(F)(F)F. The molecule has 0 aliphatic carbocycles. The lowest BCUT2D eigenvalue weighted by Crippen LogP contribution is -2.15. The molecule has 0 spiro atoms. The first-order valence-corrected chi connectivity index (χ1v) is 6.33. The number of halogens is 4. The molecule has 0 heterocycles. The largest absolute Gasteiger partial charge is 0.416 e. The van der Waals surface area contributed by atoms with Crippen LogP contribution < -0.4 is 0 Å². The van der Waals surface area contributed by atoms with Gasteiger partial charge in [-0.3, -0.25) is 0 Å². The zero-order valence-corrected chi connectivity index (χ0v) is 11.1. The molecule has 1 nitrogen and oxygen atoms in total. The highest BCUT2D eigenvalue weighted by atomic mass is 35.5. The van der Waals surface area contributed by atoms with Crippen molar-refractivity contribution in [2.24, 2.45) is 0 Å². The first kappa shape index (κ1) is 14.9. The Morgan fingerprint density at radius 1 is 1.00 bits per heavy atom. The third-order valence-corrected chi connectivity index (χ3v) is 3.35. The molecule has 0 saturated heterocycles. The van der Waals surface area contributed by atoms with Crippen LogP contribution in [0.1, 0.15) is 22.6 Å². The predicted molar refractivity (Wildman–Crippen MR) is 71.8 cm³/mol. The third kappa shape index (κ3) is 3.14. The number of benzene rings is 2. The maximum atomic E-state index is 13.0. The van der Waals surface area contributed by atoms with Crippen LogP contribution in [0.3, 0.4) is 0 Å². The van der Waals surface area contributed by atoms with E-state index < -0.39 is 24.3 Å². The zero-order valence-electron chi connectivity index (χ0n) is 10.4. The van der Waals surface area contributed by atoms with Crippen LogP contribution in [-0.2, 0) is 6.18 Å². The van der Waals surface area contributed by atoms with Crippen LogP contribution in [0.2, 0.25) is 5.02 Å². The number of hydrogen-bond donors (Lipinski definition) is 1. The Hall–Kier alpha value is -1.52. The Morgan fingerprint density at radius 3 is 2.15 bits per heavy atom. The predicted octanol–water partition coefficient (Wildman–Crippen LogP) is 4.48. The van der Waals surface area contributed by atoms with Gasteiger partial charge in [0.2, 0.25) is 0 Å². The van der Waals surface area contributed by atoms with Crippen LogP contribution in [0.4, 0.5) is 13.2 Å². The summed E-state index contributed by atoms with van der Waals surface area (Å²) in [5.74, 6) is -0.731. The lowest BCUT2D eigenvalue weighted by molar-refractivity contribution is -0.138. The van der Waals surface area contributed by atoms with Crippen molar-refractivity contribution in [1.29, 1.82) is 0 Å². The molecule has 0 radical (unpaired) electrons. The van der Waals surface area contributed by atoms with Gasteiger partial charge in [-0.15, -0.1) is 0 Å². The zero-order chi connectivity index (χ0) is 14.8. The fourth-order valence-electron chi connectivity index (χ4n) is 2.14. The molecule has 0 aromatic heterocycles. The fraction of sp³-hybridized carbons (Fsp3) is 0.200. The van der Waals surface area contributed by atoms with Crippen molar-refractivity contribution >= 4 is 11.6 Å². The van der Waals surface area contributed by atoms with E-state index in [9.17, 15) is 18.3 Å². The summed E-state index contributed by atoms with van der Waals surface area (Å²) in [5.41, 5.74) is -0.0765. The minimum absolute atomic E-state index is 0.0600.